The molecular weight excluding hydrogens is 226 g/mol. The Hall–Kier alpha value is -1.88. The molecule has 1 heterocycles. The third-order valence-electron chi connectivity index (χ3n) is 2.30. The van der Waals surface area contributed by atoms with Gasteiger partial charge in [0.05, 0.1) is 30.4 Å². The highest BCUT2D eigenvalue weighted by atomic mass is 19.3. The average Bonchev–Trinajstić information content (AvgIpc) is 2.39. The van der Waals surface area contributed by atoms with Crippen LogP contribution < -0.4 is 0 Å². The zero-order valence-corrected chi connectivity index (χ0v) is 8.85. The number of aliphatic hydroxyl groups excluding tert-OH is 1. The van der Waals surface area contributed by atoms with Gasteiger partial charge in [-0.1, -0.05) is 18.2 Å². The number of rotatable bonds is 3. The Morgan fingerprint density at radius 2 is 2.00 bits per heavy atom. The first-order valence-electron chi connectivity index (χ1n) is 5.01. The van der Waals surface area contributed by atoms with Crippen molar-refractivity contribution in [3.05, 3.63) is 47.9 Å². The van der Waals surface area contributed by atoms with Crippen molar-refractivity contribution in [2.24, 2.45) is 0 Å². The maximum atomic E-state index is 12.5. The van der Waals surface area contributed by atoms with Gasteiger partial charge in [-0.3, -0.25) is 9.97 Å². The Balaban J connectivity index is 2.35. The number of halogens is 2. The minimum absolute atomic E-state index is 0.0458. The topological polar surface area (TPSA) is 46.0 Å². The van der Waals surface area contributed by atoms with E-state index < -0.39 is 6.43 Å². The van der Waals surface area contributed by atoms with Crippen molar-refractivity contribution < 1.29 is 13.9 Å². The summed E-state index contributed by atoms with van der Waals surface area (Å²) < 4.78 is 25.0. The molecule has 0 spiro atoms. The maximum absolute atomic E-state index is 12.5. The molecule has 3 nitrogen and oxygen atoms in total. The summed E-state index contributed by atoms with van der Waals surface area (Å²) in [5.74, 6) is 0. The molecular formula is C12H10F2N2O. The van der Waals surface area contributed by atoms with Gasteiger partial charge in [0.25, 0.3) is 6.43 Å². The minimum atomic E-state index is -2.50. The summed E-state index contributed by atoms with van der Waals surface area (Å²) >= 11 is 0. The van der Waals surface area contributed by atoms with E-state index in [1.165, 1.54) is 24.5 Å². The van der Waals surface area contributed by atoms with Crippen LogP contribution in [-0.4, -0.2) is 15.1 Å². The molecule has 1 N–H and O–H groups in total. The second kappa shape index (κ2) is 4.97. The minimum Gasteiger partial charge on any atom is -0.390 e. The van der Waals surface area contributed by atoms with Crippen LogP contribution in [0.2, 0.25) is 0 Å². The van der Waals surface area contributed by atoms with Crippen LogP contribution in [0.3, 0.4) is 0 Å². The van der Waals surface area contributed by atoms with Gasteiger partial charge in [0, 0.05) is 11.1 Å². The van der Waals surface area contributed by atoms with E-state index in [0.29, 0.717) is 17.0 Å². The second-order valence-corrected chi connectivity index (χ2v) is 3.48. The van der Waals surface area contributed by atoms with Gasteiger partial charge >= 0.3 is 0 Å². The summed E-state index contributed by atoms with van der Waals surface area (Å²) in [5, 5.41) is 8.81. The largest absolute Gasteiger partial charge is 0.390 e. The van der Waals surface area contributed by atoms with Crippen LogP contribution in [0.5, 0.6) is 0 Å². The molecule has 17 heavy (non-hydrogen) atoms. The van der Waals surface area contributed by atoms with Crippen molar-refractivity contribution in [2.75, 3.05) is 0 Å². The zero-order chi connectivity index (χ0) is 12.3. The molecule has 0 aliphatic carbocycles. The summed E-state index contributed by atoms with van der Waals surface area (Å²) in [4.78, 5) is 8.00. The van der Waals surface area contributed by atoms with E-state index in [2.05, 4.69) is 9.97 Å². The van der Waals surface area contributed by atoms with E-state index in [4.69, 9.17) is 5.11 Å². The summed E-state index contributed by atoms with van der Waals surface area (Å²) in [7, 11) is 0. The average molecular weight is 236 g/mol. The van der Waals surface area contributed by atoms with Crippen molar-refractivity contribution in [3.8, 4) is 11.3 Å². The number of benzene rings is 1. The Morgan fingerprint density at radius 3 is 2.59 bits per heavy atom. The third-order valence-corrected chi connectivity index (χ3v) is 2.30. The van der Waals surface area contributed by atoms with Crippen LogP contribution in [-0.2, 0) is 6.61 Å². The van der Waals surface area contributed by atoms with Gasteiger partial charge in [-0.25, -0.2) is 8.78 Å². The number of aliphatic hydroxyl groups is 1. The van der Waals surface area contributed by atoms with Gasteiger partial charge in [-0.05, 0) is 6.07 Å². The summed E-state index contributed by atoms with van der Waals surface area (Å²) in [5.41, 5.74) is 1.48. The number of hydrogen-bond acceptors (Lipinski definition) is 3. The third kappa shape index (κ3) is 2.62. The van der Waals surface area contributed by atoms with Crippen LogP contribution in [0.4, 0.5) is 8.78 Å². The summed E-state index contributed by atoms with van der Waals surface area (Å²) in [6.07, 6.45) is 0.375. The molecule has 1 aromatic carbocycles. The summed E-state index contributed by atoms with van der Waals surface area (Å²) in [6, 6.07) is 5.99. The maximum Gasteiger partial charge on any atom is 0.263 e. The van der Waals surface area contributed by atoms with E-state index in [0.717, 1.165) is 0 Å². The lowest BCUT2D eigenvalue weighted by atomic mass is 10.1. The predicted octanol–water partition coefficient (Wildman–Crippen LogP) is 2.57. The molecule has 1 aromatic heterocycles. The van der Waals surface area contributed by atoms with Crippen LogP contribution in [0, 0.1) is 0 Å². The van der Waals surface area contributed by atoms with Crippen molar-refractivity contribution in [2.45, 2.75) is 13.0 Å². The molecule has 0 unspecified atom stereocenters. The molecule has 0 radical (unpaired) electrons. The van der Waals surface area contributed by atoms with Crippen molar-refractivity contribution >= 4 is 0 Å². The van der Waals surface area contributed by atoms with E-state index in [1.54, 1.807) is 12.1 Å². The lowest BCUT2D eigenvalue weighted by Crippen LogP contribution is -1.93. The van der Waals surface area contributed by atoms with E-state index in [9.17, 15) is 8.78 Å². The quantitative estimate of drug-likeness (QED) is 0.890. The molecule has 0 aliphatic rings. The van der Waals surface area contributed by atoms with Gasteiger partial charge in [0.1, 0.15) is 0 Å². The van der Waals surface area contributed by atoms with Gasteiger partial charge in [0.2, 0.25) is 0 Å². The standard InChI is InChI=1S/C12H10F2N2O/c13-12(14)9-3-1-2-8(4-9)11-6-15-10(7-17)5-16-11/h1-6,12,17H,7H2. The fourth-order valence-electron chi connectivity index (χ4n) is 1.42. The van der Waals surface area contributed by atoms with Gasteiger partial charge in [-0.2, -0.15) is 0 Å². The van der Waals surface area contributed by atoms with E-state index in [-0.39, 0.29) is 12.2 Å². The smallest absolute Gasteiger partial charge is 0.263 e. The van der Waals surface area contributed by atoms with E-state index >= 15 is 0 Å². The summed E-state index contributed by atoms with van der Waals surface area (Å²) in [6.45, 7) is -0.190. The van der Waals surface area contributed by atoms with Gasteiger partial charge in [-0.15, -0.1) is 0 Å². The van der Waals surface area contributed by atoms with Gasteiger partial charge in [0.15, 0.2) is 0 Å². The first-order chi connectivity index (χ1) is 8.20. The molecule has 5 heteroatoms. The monoisotopic (exact) mass is 236 g/mol. The van der Waals surface area contributed by atoms with Crippen LogP contribution in [0.1, 0.15) is 17.7 Å². The highest BCUT2D eigenvalue weighted by molar-refractivity contribution is 5.59. The molecule has 0 atom stereocenters. The fourth-order valence-corrected chi connectivity index (χ4v) is 1.42. The van der Waals surface area contributed by atoms with Gasteiger partial charge < -0.3 is 5.11 Å². The Kier molecular flexibility index (Phi) is 3.39. The number of nitrogens with zero attached hydrogens (tertiary/aromatic N) is 2. The molecule has 0 aliphatic heterocycles. The lowest BCUT2D eigenvalue weighted by Gasteiger charge is -2.04. The number of aromatic nitrogens is 2. The molecule has 88 valence electrons. The Bertz CT molecular complexity index is 500. The SMILES string of the molecule is OCc1cnc(-c2cccc(C(F)F)c2)cn1. The molecule has 0 fully saturated rings. The predicted molar refractivity (Wildman–Crippen MR) is 58.3 cm³/mol. The van der Waals surface area contributed by atoms with Crippen LogP contribution in [0.15, 0.2) is 36.7 Å². The highest BCUT2D eigenvalue weighted by Gasteiger charge is 2.08. The van der Waals surface area contributed by atoms with Crippen LogP contribution >= 0.6 is 0 Å². The lowest BCUT2D eigenvalue weighted by molar-refractivity contribution is 0.151. The molecule has 0 saturated heterocycles. The molecule has 2 aromatic rings. The molecule has 2 rings (SSSR count). The molecule has 0 amide bonds. The Labute approximate surface area is 96.8 Å². The second-order valence-electron chi connectivity index (χ2n) is 3.48. The van der Waals surface area contributed by atoms with Crippen molar-refractivity contribution in [1.82, 2.24) is 9.97 Å². The molecule has 0 bridgehead atoms. The molecule has 0 saturated carbocycles. The number of hydrogen-bond donors (Lipinski definition) is 1. The van der Waals surface area contributed by atoms with Crippen molar-refractivity contribution in [1.29, 1.82) is 0 Å². The first-order valence-corrected chi connectivity index (χ1v) is 5.01. The zero-order valence-electron chi connectivity index (χ0n) is 8.85. The van der Waals surface area contributed by atoms with Crippen molar-refractivity contribution in [3.63, 3.8) is 0 Å². The first kappa shape index (κ1) is 11.6. The van der Waals surface area contributed by atoms with Crippen LogP contribution in [0.25, 0.3) is 11.3 Å². The normalized spacial score (nSPS) is 10.8. The number of alkyl halides is 2. The van der Waals surface area contributed by atoms with E-state index in [1.807, 2.05) is 0 Å². The Morgan fingerprint density at radius 1 is 1.18 bits per heavy atom. The fraction of sp³-hybridized carbons (Fsp3) is 0.167. The highest BCUT2D eigenvalue weighted by Crippen LogP contribution is 2.24.